The van der Waals surface area contributed by atoms with Crippen LogP contribution in [0.4, 0.5) is 5.69 Å². The molecule has 1 aromatic rings. The quantitative estimate of drug-likeness (QED) is 0.865. The third kappa shape index (κ3) is 3.59. The van der Waals surface area contributed by atoms with Crippen molar-refractivity contribution in [3.05, 3.63) is 28.7 Å². The monoisotopic (exact) mass is 337 g/mol. The topological polar surface area (TPSA) is 44.4 Å². The van der Waals surface area contributed by atoms with Gasteiger partial charge in [-0.25, -0.2) is 0 Å². The van der Waals surface area contributed by atoms with Crippen LogP contribution in [0.5, 0.6) is 0 Å². The normalized spacial score (nSPS) is 22.9. The van der Waals surface area contributed by atoms with Gasteiger partial charge in [0, 0.05) is 29.6 Å². The van der Waals surface area contributed by atoms with E-state index < -0.39 is 0 Å². The third-order valence-electron chi connectivity index (χ3n) is 3.98. The summed E-state index contributed by atoms with van der Waals surface area (Å²) in [5.74, 6) is 0.0155. The lowest BCUT2D eigenvalue weighted by Gasteiger charge is -2.15. The number of benzene rings is 1. The lowest BCUT2D eigenvalue weighted by atomic mass is 10.2. The number of nitrogens with one attached hydrogen (secondary N) is 2. The first-order valence-electron chi connectivity index (χ1n) is 7.24. The first-order chi connectivity index (χ1) is 9.72. The smallest absolute Gasteiger partial charge is 0.238 e. The molecule has 2 aliphatic rings. The molecule has 1 atom stereocenters. The van der Waals surface area contributed by atoms with Gasteiger partial charge >= 0.3 is 0 Å². The molecule has 1 aliphatic heterocycles. The third-order valence-corrected chi connectivity index (χ3v) is 4.67. The van der Waals surface area contributed by atoms with E-state index in [-0.39, 0.29) is 5.91 Å². The highest BCUT2D eigenvalue weighted by Gasteiger charge is 2.34. The second-order valence-electron chi connectivity index (χ2n) is 5.62. The molecule has 1 aromatic carbocycles. The molecule has 1 heterocycles. The molecular weight excluding hydrogens is 318 g/mol. The van der Waals surface area contributed by atoms with Crippen LogP contribution in [-0.4, -0.2) is 42.5 Å². The highest BCUT2D eigenvalue weighted by molar-refractivity contribution is 9.10. The van der Waals surface area contributed by atoms with E-state index in [0.717, 1.165) is 29.2 Å². The lowest BCUT2D eigenvalue weighted by Crippen LogP contribution is -2.38. The molecule has 1 aliphatic carbocycles. The first kappa shape index (κ1) is 14.0. The Labute approximate surface area is 128 Å². The van der Waals surface area contributed by atoms with Gasteiger partial charge in [0.1, 0.15) is 0 Å². The minimum absolute atomic E-state index is 0.0155. The first-order valence-corrected chi connectivity index (χ1v) is 8.03. The molecule has 0 spiro atoms. The summed E-state index contributed by atoms with van der Waals surface area (Å²) in [5.41, 5.74) is 0.824. The van der Waals surface area contributed by atoms with Crippen molar-refractivity contribution in [3.63, 3.8) is 0 Å². The number of likely N-dealkylation sites (tertiary alicyclic amines) is 1. The van der Waals surface area contributed by atoms with E-state index in [1.807, 2.05) is 24.3 Å². The lowest BCUT2D eigenvalue weighted by molar-refractivity contribution is -0.115. The van der Waals surface area contributed by atoms with Crippen molar-refractivity contribution >= 4 is 27.5 Å². The van der Waals surface area contributed by atoms with E-state index in [9.17, 15) is 4.79 Å². The molecule has 1 amide bonds. The summed E-state index contributed by atoms with van der Waals surface area (Å²) in [6.07, 6.45) is 3.86. The number of rotatable bonds is 5. The average molecular weight is 338 g/mol. The zero-order chi connectivity index (χ0) is 13.9. The van der Waals surface area contributed by atoms with E-state index in [2.05, 4.69) is 31.5 Å². The van der Waals surface area contributed by atoms with Crippen molar-refractivity contribution < 1.29 is 4.79 Å². The number of para-hydroxylation sites is 1. The minimum Gasteiger partial charge on any atom is -0.324 e. The number of anilines is 1. The highest BCUT2D eigenvalue weighted by atomic mass is 79.9. The molecule has 0 bridgehead atoms. The summed E-state index contributed by atoms with van der Waals surface area (Å²) in [6, 6.07) is 8.96. The molecule has 2 fully saturated rings. The van der Waals surface area contributed by atoms with Crippen molar-refractivity contribution in [3.8, 4) is 0 Å². The van der Waals surface area contributed by atoms with Crippen molar-refractivity contribution in [2.24, 2.45) is 0 Å². The Kier molecular flexibility index (Phi) is 4.38. The van der Waals surface area contributed by atoms with E-state index in [0.29, 0.717) is 12.6 Å². The van der Waals surface area contributed by atoms with E-state index in [4.69, 9.17) is 0 Å². The molecule has 108 valence electrons. The second kappa shape index (κ2) is 6.24. The van der Waals surface area contributed by atoms with Gasteiger partial charge in [0.2, 0.25) is 5.91 Å². The highest BCUT2D eigenvalue weighted by Crippen LogP contribution is 2.29. The van der Waals surface area contributed by atoms with E-state index in [1.54, 1.807) is 0 Å². The Bertz CT molecular complexity index is 490. The van der Waals surface area contributed by atoms with Gasteiger partial charge in [-0.15, -0.1) is 0 Å². The average Bonchev–Trinajstić information content (AvgIpc) is 3.18. The summed E-state index contributed by atoms with van der Waals surface area (Å²) >= 11 is 3.43. The largest absolute Gasteiger partial charge is 0.324 e. The zero-order valence-electron chi connectivity index (χ0n) is 11.4. The maximum Gasteiger partial charge on any atom is 0.238 e. The van der Waals surface area contributed by atoms with Gasteiger partial charge in [-0.1, -0.05) is 12.1 Å². The fourth-order valence-corrected chi connectivity index (χ4v) is 3.10. The Morgan fingerprint density at radius 3 is 2.85 bits per heavy atom. The standard InChI is InChI=1S/C15H20BrN3O/c16-13-3-1-2-4-14(13)18-15(20)9-17-11-7-8-19(10-11)12-5-6-12/h1-4,11-12,17H,5-10H2,(H,18,20). The Morgan fingerprint density at radius 2 is 2.10 bits per heavy atom. The summed E-state index contributed by atoms with van der Waals surface area (Å²) in [4.78, 5) is 14.5. The van der Waals surface area contributed by atoms with E-state index >= 15 is 0 Å². The second-order valence-corrected chi connectivity index (χ2v) is 6.47. The van der Waals surface area contributed by atoms with Gasteiger partial charge in [-0.2, -0.15) is 0 Å². The molecule has 0 radical (unpaired) electrons. The number of carbonyl (C=O) groups excluding carboxylic acids is 1. The van der Waals surface area contributed by atoms with Crippen LogP contribution in [0.3, 0.4) is 0 Å². The van der Waals surface area contributed by atoms with Crippen molar-refractivity contribution in [1.29, 1.82) is 0 Å². The number of carbonyl (C=O) groups is 1. The maximum atomic E-state index is 11.9. The molecule has 2 N–H and O–H groups in total. The van der Waals surface area contributed by atoms with E-state index in [1.165, 1.54) is 19.4 Å². The predicted molar refractivity (Wildman–Crippen MR) is 83.8 cm³/mol. The Morgan fingerprint density at radius 1 is 1.30 bits per heavy atom. The van der Waals surface area contributed by atoms with Crippen LogP contribution in [0.2, 0.25) is 0 Å². The number of amides is 1. The fourth-order valence-electron chi connectivity index (χ4n) is 2.72. The SMILES string of the molecule is O=C(CNC1CCN(C2CC2)C1)Nc1ccccc1Br. The van der Waals surface area contributed by atoms with Gasteiger partial charge in [0.05, 0.1) is 12.2 Å². The molecule has 4 nitrogen and oxygen atoms in total. The summed E-state index contributed by atoms with van der Waals surface area (Å²) < 4.78 is 0.911. The number of nitrogens with zero attached hydrogens (tertiary/aromatic N) is 1. The maximum absolute atomic E-state index is 11.9. The van der Waals surface area contributed by atoms with Crippen molar-refractivity contribution in [1.82, 2.24) is 10.2 Å². The van der Waals surface area contributed by atoms with Crippen LogP contribution in [0, 0.1) is 0 Å². The van der Waals surface area contributed by atoms with Crippen LogP contribution < -0.4 is 10.6 Å². The summed E-state index contributed by atoms with van der Waals surface area (Å²) in [5, 5.41) is 6.28. The van der Waals surface area contributed by atoms with Gasteiger partial charge in [0.25, 0.3) is 0 Å². The summed E-state index contributed by atoms with van der Waals surface area (Å²) in [7, 11) is 0. The number of halogens is 1. The van der Waals surface area contributed by atoms with Gasteiger partial charge in [0.15, 0.2) is 0 Å². The van der Waals surface area contributed by atoms with Crippen molar-refractivity contribution in [2.75, 3.05) is 25.0 Å². The molecule has 3 rings (SSSR count). The van der Waals surface area contributed by atoms with Crippen LogP contribution in [0.15, 0.2) is 28.7 Å². The Balaban J connectivity index is 1.42. The zero-order valence-corrected chi connectivity index (χ0v) is 13.0. The van der Waals surface area contributed by atoms with Gasteiger partial charge < -0.3 is 10.6 Å². The molecule has 5 heteroatoms. The van der Waals surface area contributed by atoms with Crippen LogP contribution >= 0.6 is 15.9 Å². The molecule has 1 saturated heterocycles. The molecule has 20 heavy (non-hydrogen) atoms. The van der Waals surface area contributed by atoms with Crippen LogP contribution in [0.25, 0.3) is 0 Å². The van der Waals surface area contributed by atoms with Crippen LogP contribution in [0.1, 0.15) is 19.3 Å². The van der Waals surface area contributed by atoms with Gasteiger partial charge in [-0.05, 0) is 47.3 Å². The van der Waals surface area contributed by atoms with Crippen LogP contribution in [-0.2, 0) is 4.79 Å². The summed E-state index contributed by atoms with van der Waals surface area (Å²) in [6.45, 7) is 2.64. The molecular formula is C15H20BrN3O. The van der Waals surface area contributed by atoms with Crippen molar-refractivity contribution in [2.45, 2.75) is 31.3 Å². The number of hydrogen-bond donors (Lipinski definition) is 2. The molecule has 0 aromatic heterocycles. The fraction of sp³-hybridized carbons (Fsp3) is 0.533. The molecule has 1 saturated carbocycles. The molecule has 1 unspecified atom stereocenters. The minimum atomic E-state index is 0.0155. The Hall–Kier alpha value is -0.910. The number of hydrogen-bond acceptors (Lipinski definition) is 3. The van der Waals surface area contributed by atoms with Gasteiger partial charge in [-0.3, -0.25) is 9.69 Å². The predicted octanol–water partition coefficient (Wildman–Crippen LogP) is 2.21.